The van der Waals surface area contributed by atoms with E-state index in [0.717, 1.165) is 12.8 Å². The van der Waals surface area contributed by atoms with Crippen LogP contribution in [0.15, 0.2) is 48.5 Å². The Kier molecular flexibility index (Phi) is 5.80. The quantitative estimate of drug-likeness (QED) is 0.549. The zero-order valence-corrected chi connectivity index (χ0v) is 19.3. The Balaban J connectivity index is 1.14. The summed E-state index contributed by atoms with van der Waals surface area (Å²) in [5.74, 6) is -0.610. The van der Waals surface area contributed by atoms with Crippen LogP contribution in [0.3, 0.4) is 0 Å². The van der Waals surface area contributed by atoms with Crippen LogP contribution in [0.2, 0.25) is 0 Å². The van der Waals surface area contributed by atoms with Crippen molar-refractivity contribution in [2.75, 3.05) is 6.61 Å². The smallest absolute Gasteiger partial charge is 0.407 e. The van der Waals surface area contributed by atoms with Crippen molar-refractivity contribution in [1.29, 1.82) is 0 Å². The predicted molar refractivity (Wildman–Crippen MR) is 126 cm³/mol. The van der Waals surface area contributed by atoms with E-state index in [1.807, 2.05) is 31.2 Å². The summed E-state index contributed by atoms with van der Waals surface area (Å²) in [6, 6.07) is 16.2. The summed E-state index contributed by atoms with van der Waals surface area (Å²) in [6.07, 6.45) is 2.18. The van der Waals surface area contributed by atoms with Gasteiger partial charge >= 0.3 is 12.1 Å². The monoisotopic (exact) mass is 462 g/mol. The number of fused-ring (bicyclic) bond motifs is 4. The van der Waals surface area contributed by atoms with Gasteiger partial charge < -0.3 is 20.5 Å². The molecule has 3 aliphatic carbocycles. The van der Waals surface area contributed by atoms with Crippen molar-refractivity contribution in [3.05, 3.63) is 59.7 Å². The molecule has 0 aliphatic heterocycles. The van der Waals surface area contributed by atoms with E-state index in [1.165, 1.54) is 22.3 Å². The zero-order valence-electron chi connectivity index (χ0n) is 19.3. The fraction of sp³-hybridized carbons (Fsp3) is 0.444. The predicted octanol–water partition coefficient (Wildman–Crippen LogP) is 4.06. The Labute approximate surface area is 198 Å². The second-order valence-corrected chi connectivity index (χ2v) is 9.97. The number of nitrogens with one attached hydrogen (secondary N) is 2. The van der Waals surface area contributed by atoms with Gasteiger partial charge in [0.05, 0.1) is 5.41 Å². The average Bonchev–Trinajstić information content (AvgIpc) is 3.25. The first-order chi connectivity index (χ1) is 16.4. The normalized spacial score (nSPS) is 25.0. The highest BCUT2D eigenvalue weighted by Crippen LogP contribution is 2.63. The van der Waals surface area contributed by atoms with Crippen LogP contribution < -0.4 is 10.6 Å². The van der Waals surface area contributed by atoms with Gasteiger partial charge in [0, 0.05) is 24.4 Å². The fourth-order valence-electron chi connectivity index (χ4n) is 5.87. The van der Waals surface area contributed by atoms with Gasteiger partial charge in [0.2, 0.25) is 5.91 Å². The Morgan fingerprint density at radius 1 is 1.06 bits per heavy atom. The molecule has 4 atom stereocenters. The van der Waals surface area contributed by atoms with Crippen molar-refractivity contribution >= 4 is 18.0 Å². The van der Waals surface area contributed by atoms with E-state index in [4.69, 9.17) is 9.84 Å². The van der Waals surface area contributed by atoms with Crippen molar-refractivity contribution in [2.24, 2.45) is 11.3 Å². The van der Waals surface area contributed by atoms with Gasteiger partial charge in [-0.25, -0.2) is 4.79 Å². The highest BCUT2D eigenvalue weighted by molar-refractivity contribution is 5.87. The molecular formula is C27H30N2O5. The lowest BCUT2D eigenvalue weighted by Gasteiger charge is -2.21. The van der Waals surface area contributed by atoms with Gasteiger partial charge in [0.25, 0.3) is 0 Å². The number of carboxylic acid groups (broad SMARTS) is 1. The van der Waals surface area contributed by atoms with E-state index in [-0.39, 0.29) is 42.9 Å². The minimum absolute atomic E-state index is 0.0135. The Morgan fingerprint density at radius 2 is 1.71 bits per heavy atom. The van der Waals surface area contributed by atoms with Gasteiger partial charge in [-0.2, -0.15) is 0 Å². The molecule has 34 heavy (non-hydrogen) atoms. The lowest BCUT2D eigenvalue weighted by molar-refractivity contribution is -0.137. The van der Waals surface area contributed by atoms with Crippen LogP contribution >= 0.6 is 0 Å². The molecule has 7 heteroatoms. The minimum Gasteiger partial charge on any atom is -0.481 e. The van der Waals surface area contributed by atoms with Gasteiger partial charge in [-0.15, -0.1) is 0 Å². The number of aliphatic carboxylic acids is 1. The first kappa shape index (κ1) is 22.4. The van der Waals surface area contributed by atoms with Gasteiger partial charge in [0.15, 0.2) is 0 Å². The van der Waals surface area contributed by atoms with E-state index in [1.54, 1.807) is 0 Å². The Bertz CT molecular complexity index is 1090. The first-order valence-corrected chi connectivity index (χ1v) is 12.0. The molecule has 2 fully saturated rings. The number of hydrogen-bond acceptors (Lipinski definition) is 4. The van der Waals surface area contributed by atoms with Crippen LogP contribution in [-0.2, 0) is 14.3 Å². The number of rotatable bonds is 8. The van der Waals surface area contributed by atoms with E-state index in [0.29, 0.717) is 12.8 Å². The van der Waals surface area contributed by atoms with E-state index in [9.17, 15) is 14.4 Å². The number of ether oxygens (including phenoxy) is 1. The van der Waals surface area contributed by atoms with Crippen LogP contribution in [0.25, 0.3) is 11.1 Å². The van der Waals surface area contributed by atoms with Crippen LogP contribution in [0.1, 0.15) is 56.1 Å². The Morgan fingerprint density at radius 3 is 2.35 bits per heavy atom. The number of amides is 2. The third-order valence-electron chi connectivity index (χ3n) is 7.70. The van der Waals surface area contributed by atoms with Crippen LogP contribution in [0, 0.1) is 11.3 Å². The van der Waals surface area contributed by atoms with E-state index < -0.39 is 17.5 Å². The number of alkyl carbamates (subject to hydrolysis) is 1. The molecule has 1 unspecified atom stereocenters. The molecule has 0 bridgehead atoms. The number of hydrogen-bond donors (Lipinski definition) is 3. The zero-order chi connectivity index (χ0) is 23.9. The van der Waals surface area contributed by atoms with Crippen LogP contribution in [0.4, 0.5) is 4.79 Å². The van der Waals surface area contributed by atoms with Gasteiger partial charge in [0.1, 0.15) is 6.61 Å². The molecule has 0 radical (unpaired) electrons. The molecule has 0 aromatic heterocycles. The van der Waals surface area contributed by atoms with Crippen molar-refractivity contribution < 1.29 is 24.2 Å². The topological polar surface area (TPSA) is 105 Å². The molecule has 3 aliphatic rings. The maximum atomic E-state index is 12.8. The summed E-state index contributed by atoms with van der Waals surface area (Å²) in [7, 11) is 0. The number of carbonyl (C=O) groups is 3. The number of benzene rings is 2. The number of carboxylic acids is 1. The highest BCUT2D eigenvalue weighted by Gasteiger charge is 2.65. The lowest BCUT2D eigenvalue weighted by Crippen LogP contribution is -2.41. The van der Waals surface area contributed by atoms with Crippen molar-refractivity contribution in [1.82, 2.24) is 10.6 Å². The van der Waals surface area contributed by atoms with Crippen molar-refractivity contribution in [3.63, 3.8) is 0 Å². The van der Waals surface area contributed by atoms with Crippen LogP contribution in [0.5, 0.6) is 0 Å². The fourth-order valence-corrected chi connectivity index (χ4v) is 5.87. The molecular weight excluding hydrogens is 432 g/mol. The molecule has 7 nitrogen and oxygen atoms in total. The second kappa shape index (κ2) is 8.78. The molecule has 2 saturated carbocycles. The summed E-state index contributed by atoms with van der Waals surface area (Å²) in [4.78, 5) is 36.2. The third-order valence-corrected chi connectivity index (χ3v) is 7.70. The average molecular weight is 463 g/mol. The van der Waals surface area contributed by atoms with Gasteiger partial charge in [-0.3, -0.25) is 9.59 Å². The lowest BCUT2D eigenvalue weighted by atomic mass is 9.98. The van der Waals surface area contributed by atoms with Gasteiger partial charge in [-0.05, 0) is 60.8 Å². The van der Waals surface area contributed by atoms with E-state index >= 15 is 0 Å². The third kappa shape index (κ3) is 4.15. The maximum Gasteiger partial charge on any atom is 0.407 e. The van der Waals surface area contributed by atoms with E-state index in [2.05, 4.69) is 34.9 Å². The van der Waals surface area contributed by atoms with Gasteiger partial charge in [-0.1, -0.05) is 48.5 Å². The SMILES string of the molecule is CC(CCC(=O)O)NC(=O)[C@]12C[C@H](NC(=O)OCC3c4ccccc4-c4ccccc43)C[C@H]1C2. The summed E-state index contributed by atoms with van der Waals surface area (Å²) in [6.45, 7) is 2.10. The first-order valence-electron chi connectivity index (χ1n) is 12.0. The minimum atomic E-state index is -0.864. The maximum absolute atomic E-state index is 12.8. The largest absolute Gasteiger partial charge is 0.481 e. The molecule has 0 spiro atoms. The summed E-state index contributed by atoms with van der Waals surface area (Å²) in [5.41, 5.74) is 4.29. The van der Waals surface area contributed by atoms with Crippen molar-refractivity contribution in [3.8, 4) is 11.1 Å². The molecule has 3 N–H and O–H groups in total. The molecule has 0 saturated heterocycles. The molecule has 2 aromatic rings. The summed E-state index contributed by atoms with van der Waals surface area (Å²) >= 11 is 0. The molecule has 2 aromatic carbocycles. The number of carbonyl (C=O) groups excluding carboxylic acids is 2. The molecule has 5 rings (SSSR count). The standard InChI is InChI=1S/C27H30N2O5/c1-16(10-11-24(30)31)28-25(32)27-13-17(27)12-18(14-27)29-26(33)34-15-23-21-8-4-2-6-19(21)20-7-3-5-9-22(20)23/h2-9,16-18,23H,10-15H2,1H3,(H,28,32)(H,29,33)(H,30,31)/t16?,17-,18+,27+/m0/s1. The summed E-state index contributed by atoms with van der Waals surface area (Å²) in [5, 5.41) is 14.8. The van der Waals surface area contributed by atoms with Crippen molar-refractivity contribution in [2.45, 2.75) is 57.0 Å². The Hall–Kier alpha value is -3.35. The second-order valence-electron chi connectivity index (χ2n) is 9.97. The molecule has 178 valence electrons. The van der Waals surface area contributed by atoms with Crippen LogP contribution in [-0.4, -0.2) is 41.8 Å². The highest BCUT2D eigenvalue weighted by atomic mass is 16.5. The molecule has 0 heterocycles. The molecule has 2 amide bonds. The summed E-state index contributed by atoms with van der Waals surface area (Å²) < 4.78 is 5.66.